The highest BCUT2D eigenvalue weighted by atomic mass is 16.5. The molecule has 2 unspecified atom stereocenters. The van der Waals surface area contributed by atoms with E-state index in [0.29, 0.717) is 26.1 Å². The minimum absolute atomic E-state index is 0.115. The van der Waals surface area contributed by atoms with Crippen molar-refractivity contribution in [2.75, 3.05) is 26.3 Å². The molecule has 5 heteroatoms. The van der Waals surface area contributed by atoms with Crippen molar-refractivity contribution in [3.05, 3.63) is 0 Å². The quantitative estimate of drug-likeness (QED) is 0.726. The first-order chi connectivity index (χ1) is 8.29. The van der Waals surface area contributed by atoms with Crippen LogP contribution in [-0.4, -0.2) is 49.3 Å². The van der Waals surface area contributed by atoms with Crippen molar-refractivity contribution < 1.29 is 14.3 Å². The number of rotatable bonds is 3. The molecule has 0 aromatic rings. The summed E-state index contributed by atoms with van der Waals surface area (Å²) in [6.07, 6.45) is 3.28. The van der Waals surface area contributed by atoms with Crippen LogP contribution in [0.25, 0.3) is 0 Å². The van der Waals surface area contributed by atoms with E-state index in [0.717, 1.165) is 25.9 Å². The lowest BCUT2D eigenvalue weighted by molar-refractivity contribution is -0.137. The van der Waals surface area contributed by atoms with Gasteiger partial charge >= 0.3 is 0 Å². The molecule has 0 aromatic heterocycles. The Morgan fingerprint density at radius 2 is 2.29 bits per heavy atom. The number of hydrogen-bond acceptors (Lipinski definition) is 4. The molecule has 2 atom stereocenters. The van der Waals surface area contributed by atoms with E-state index < -0.39 is 6.10 Å². The second kappa shape index (κ2) is 5.99. The van der Waals surface area contributed by atoms with Crippen LogP contribution < -0.4 is 0 Å². The average molecular weight is 238 g/mol. The van der Waals surface area contributed by atoms with E-state index in [1.807, 2.05) is 6.07 Å². The van der Waals surface area contributed by atoms with E-state index >= 15 is 0 Å². The third kappa shape index (κ3) is 3.42. The summed E-state index contributed by atoms with van der Waals surface area (Å²) in [4.78, 5) is 13.7. The molecule has 2 fully saturated rings. The largest absolute Gasteiger partial charge is 0.378 e. The van der Waals surface area contributed by atoms with Crippen molar-refractivity contribution in [3.8, 4) is 6.07 Å². The SMILES string of the molecule is N#CC1CN(C(=O)CCC2CCCO2)CCO1. The van der Waals surface area contributed by atoms with Gasteiger partial charge in [-0.25, -0.2) is 0 Å². The van der Waals surface area contributed by atoms with Gasteiger partial charge < -0.3 is 14.4 Å². The van der Waals surface area contributed by atoms with Crippen LogP contribution >= 0.6 is 0 Å². The van der Waals surface area contributed by atoms with Gasteiger partial charge in [-0.2, -0.15) is 5.26 Å². The number of carbonyl (C=O) groups is 1. The summed E-state index contributed by atoms with van der Waals surface area (Å²) in [5, 5.41) is 8.76. The van der Waals surface area contributed by atoms with Crippen molar-refractivity contribution in [1.82, 2.24) is 4.90 Å². The van der Waals surface area contributed by atoms with Crippen molar-refractivity contribution in [1.29, 1.82) is 5.26 Å². The Balaban J connectivity index is 1.73. The molecule has 2 aliphatic heterocycles. The van der Waals surface area contributed by atoms with Gasteiger partial charge in [0.05, 0.1) is 25.3 Å². The average Bonchev–Trinajstić information content (AvgIpc) is 2.89. The normalized spacial score (nSPS) is 29.0. The highest BCUT2D eigenvalue weighted by molar-refractivity contribution is 5.76. The smallest absolute Gasteiger partial charge is 0.222 e. The second-order valence-corrected chi connectivity index (χ2v) is 4.50. The molecule has 0 aromatic carbocycles. The molecule has 0 radical (unpaired) electrons. The number of morpholine rings is 1. The van der Waals surface area contributed by atoms with Crippen molar-refractivity contribution in [2.24, 2.45) is 0 Å². The fourth-order valence-electron chi connectivity index (χ4n) is 2.27. The zero-order valence-electron chi connectivity index (χ0n) is 9.93. The van der Waals surface area contributed by atoms with E-state index in [2.05, 4.69) is 0 Å². The first kappa shape index (κ1) is 12.3. The van der Waals surface area contributed by atoms with Crippen LogP contribution in [0, 0.1) is 11.3 Å². The van der Waals surface area contributed by atoms with Gasteiger partial charge in [0.15, 0.2) is 6.10 Å². The van der Waals surface area contributed by atoms with Crippen molar-refractivity contribution in [3.63, 3.8) is 0 Å². The summed E-state index contributed by atoms with van der Waals surface area (Å²) < 4.78 is 10.7. The maximum Gasteiger partial charge on any atom is 0.222 e. The molecule has 17 heavy (non-hydrogen) atoms. The predicted molar refractivity (Wildman–Crippen MR) is 60.1 cm³/mol. The van der Waals surface area contributed by atoms with Crippen molar-refractivity contribution >= 4 is 5.91 Å². The van der Waals surface area contributed by atoms with E-state index in [4.69, 9.17) is 14.7 Å². The number of hydrogen-bond donors (Lipinski definition) is 0. The van der Waals surface area contributed by atoms with Crippen LogP contribution in [0.5, 0.6) is 0 Å². The molecule has 0 saturated carbocycles. The Morgan fingerprint density at radius 3 is 3.00 bits per heavy atom. The van der Waals surface area contributed by atoms with Crippen LogP contribution in [0.4, 0.5) is 0 Å². The summed E-state index contributed by atoms with van der Waals surface area (Å²) in [6.45, 7) is 2.29. The maximum atomic E-state index is 11.9. The molecule has 0 N–H and O–H groups in total. The molecule has 2 rings (SSSR count). The first-order valence-corrected chi connectivity index (χ1v) is 6.20. The zero-order chi connectivity index (χ0) is 12.1. The molecule has 0 bridgehead atoms. The first-order valence-electron chi connectivity index (χ1n) is 6.20. The minimum Gasteiger partial charge on any atom is -0.378 e. The lowest BCUT2D eigenvalue weighted by atomic mass is 10.1. The number of nitrogens with zero attached hydrogens (tertiary/aromatic N) is 2. The second-order valence-electron chi connectivity index (χ2n) is 4.50. The van der Waals surface area contributed by atoms with E-state index in [1.165, 1.54) is 0 Å². The Hall–Kier alpha value is -1.12. The Bertz CT molecular complexity index is 307. The highest BCUT2D eigenvalue weighted by Gasteiger charge is 2.25. The minimum atomic E-state index is -0.463. The summed E-state index contributed by atoms with van der Waals surface area (Å²) in [5.41, 5.74) is 0. The molecule has 2 heterocycles. The number of nitriles is 1. The lowest BCUT2D eigenvalue weighted by Gasteiger charge is -2.30. The molecule has 94 valence electrons. The summed E-state index contributed by atoms with van der Waals surface area (Å²) in [6, 6.07) is 2.05. The summed E-state index contributed by atoms with van der Waals surface area (Å²) >= 11 is 0. The highest BCUT2D eigenvalue weighted by Crippen LogP contribution is 2.17. The molecule has 1 amide bonds. The molecule has 5 nitrogen and oxygen atoms in total. The van der Waals surface area contributed by atoms with Gasteiger partial charge in [0, 0.05) is 19.6 Å². The van der Waals surface area contributed by atoms with Gasteiger partial charge in [-0.1, -0.05) is 0 Å². The van der Waals surface area contributed by atoms with Gasteiger partial charge in [0.1, 0.15) is 0 Å². The Kier molecular flexibility index (Phi) is 4.35. The maximum absolute atomic E-state index is 11.9. The van der Waals surface area contributed by atoms with Crippen molar-refractivity contribution in [2.45, 2.75) is 37.9 Å². The van der Waals surface area contributed by atoms with Crippen LogP contribution in [0.2, 0.25) is 0 Å². The fraction of sp³-hybridized carbons (Fsp3) is 0.833. The molecular formula is C12H18N2O3. The van der Waals surface area contributed by atoms with Gasteiger partial charge in [-0.3, -0.25) is 4.79 Å². The van der Waals surface area contributed by atoms with Crippen LogP contribution in [-0.2, 0) is 14.3 Å². The van der Waals surface area contributed by atoms with Gasteiger partial charge in [0.2, 0.25) is 5.91 Å². The van der Waals surface area contributed by atoms with E-state index in [1.54, 1.807) is 4.90 Å². The lowest BCUT2D eigenvalue weighted by Crippen LogP contribution is -2.45. The summed E-state index contributed by atoms with van der Waals surface area (Å²) in [5.74, 6) is 0.115. The van der Waals surface area contributed by atoms with Crippen LogP contribution in [0.1, 0.15) is 25.7 Å². The molecule has 2 saturated heterocycles. The standard InChI is InChI=1S/C12H18N2O3/c13-8-11-9-14(5-7-17-11)12(15)4-3-10-2-1-6-16-10/h10-11H,1-7,9H2. The number of amides is 1. The predicted octanol–water partition coefficient (Wildman–Crippen LogP) is 0.697. The third-order valence-corrected chi connectivity index (χ3v) is 3.27. The van der Waals surface area contributed by atoms with Gasteiger partial charge in [-0.15, -0.1) is 0 Å². The fourth-order valence-corrected chi connectivity index (χ4v) is 2.27. The zero-order valence-corrected chi connectivity index (χ0v) is 9.93. The number of ether oxygens (including phenoxy) is 2. The molecule has 2 aliphatic rings. The summed E-state index contributed by atoms with van der Waals surface area (Å²) in [7, 11) is 0. The Morgan fingerprint density at radius 1 is 1.41 bits per heavy atom. The number of carbonyl (C=O) groups excluding carboxylic acids is 1. The topological polar surface area (TPSA) is 62.6 Å². The van der Waals surface area contributed by atoms with E-state index in [-0.39, 0.29) is 12.0 Å². The van der Waals surface area contributed by atoms with Gasteiger partial charge in [-0.05, 0) is 19.3 Å². The van der Waals surface area contributed by atoms with Crippen LogP contribution in [0.3, 0.4) is 0 Å². The van der Waals surface area contributed by atoms with Crippen LogP contribution in [0.15, 0.2) is 0 Å². The monoisotopic (exact) mass is 238 g/mol. The Labute approximate surface area is 101 Å². The third-order valence-electron chi connectivity index (χ3n) is 3.27. The van der Waals surface area contributed by atoms with Gasteiger partial charge in [0.25, 0.3) is 0 Å². The molecular weight excluding hydrogens is 220 g/mol. The molecule has 0 spiro atoms. The van der Waals surface area contributed by atoms with E-state index in [9.17, 15) is 4.79 Å². The molecule has 0 aliphatic carbocycles.